The molecule has 0 aliphatic heterocycles. The van der Waals surface area contributed by atoms with Gasteiger partial charge in [0.2, 0.25) is 0 Å². The lowest BCUT2D eigenvalue weighted by Crippen LogP contribution is -2.13. The molecule has 6 nitrogen and oxygen atoms in total. The summed E-state index contributed by atoms with van der Waals surface area (Å²) in [6, 6.07) is 19.4. The SMILES string of the molecule is CC(C)(C)c1cc(C=CC(=O)O)cc(-n2nc3ccc(Sc4ccccc4)cc3n2)c1O. The Morgan fingerprint density at radius 1 is 0.969 bits per heavy atom. The molecule has 4 aromatic rings. The molecular formula is C25H23N3O3S. The van der Waals surface area contributed by atoms with Crippen LogP contribution >= 0.6 is 11.8 Å². The first-order valence-corrected chi connectivity index (χ1v) is 10.9. The molecule has 1 heterocycles. The van der Waals surface area contributed by atoms with E-state index in [1.807, 2.05) is 69.3 Å². The summed E-state index contributed by atoms with van der Waals surface area (Å²) in [5, 5.41) is 29.2. The maximum Gasteiger partial charge on any atom is 0.328 e. The number of aromatic nitrogens is 3. The number of phenols is 1. The summed E-state index contributed by atoms with van der Waals surface area (Å²) in [7, 11) is 0. The highest BCUT2D eigenvalue weighted by molar-refractivity contribution is 7.99. The van der Waals surface area contributed by atoms with E-state index in [9.17, 15) is 9.90 Å². The molecule has 0 amide bonds. The standard InChI is InChI=1S/C25H23N3O3S/c1-25(2,3)19-13-16(9-12-23(29)30)14-22(24(19)31)28-26-20-11-10-18(15-21(20)27-28)32-17-7-5-4-6-8-17/h4-15,31H,1-3H3,(H,29,30). The number of fused-ring (bicyclic) bond motifs is 1. The molecule has 0 fully saturated rings. The highest BCUT2D eigenvalue weighted by Crippen LogP contribution is 2.37. The number of hydrogen-bond donors (Lipinski definition) is 2. The second-order valence-electron chi connectivity index (χ2n) is 8.41. The number of carboxylic acids is 1. The van der Waals surface area contributed by atoms with Gasteiger partial charge < -0.3 is 10.2 Å². The fourth-order valence-electron chi connectivity index (χ4n) is 3.32. The third kappa shape index (κ3) is 4.68. The molecule has 4 rings (SSSR count). The molecule has 7 heteroatoms. The Bertz CT molecular complexity index is 1320. The Morgan fingerprint density at radius 2 is 1.69 bits per heavy atom. The molecule has 0 aliphatic carbocycles. The fraction of sp³-hybridized carbons (Fsp3) is 0.160. The summed E-state index contributed by atoms with van der Waals surface area (Å²) in [5.74, 6) is -0.965. The minimum absolute atomic E-state index is 0.0733. The van der Waals surface area contributed by atoms with E-state index in [1.165, 1.54) is 10.9 Å². The van der Waals surface area contributed by atoms with Crippen molar-refractivity contribution >= 4 is 34.8 Å². The largest absolute Gasteiger partial charge is 0.505 e. The minimum Gasteiger partial charge on any atom is -0.505 e. The van der Waals surface area contributed by atoms with Gasteiger partial charge in [0, 0.05) is 21.4 Å². The van der Waals surface area contributed by atoms with Gasteiger partial charge in [-0.2, -0.15) is 0 Å². The number of aromatic hydroxyl groups is 1. The second kappa shape index (κ2) is 8.51. The van der Waals surface area contributed by atoms with Gasteiger partial charge in [0.15, 0.2) is 0 Å². The van der Waals surface area contributed by atoms with Crippen molar-refractivity contribution in [2.24, 2.45) is 0 Å². The monoisotopic (exact) mass is 445 g/mol. The van der Waals surface area contributed by atoms with Crippen molar-refractivity contribution < 1.29 is 15.0 Å². The zero-order chi connectivity index (χ0) is 22.9. The first-order chi connectivity index (χ1) is 15.2. The van der Waals surface area contributed by atoms with Gasteiger partial charge in [-0.3, -0.25) is 0 Å². The quantitative estimate of drug-likeness (QED) is 0.385. The Morgan fingerprint density at radius 3 is 2.38 bits per heavy atom. The van der Waals surface area contributed by atoms with Crippen molar-refractivity contribution in [1.82, 2.24) is 15.0 Å². The van der Waals surface area contributed by atoms with E-state index in [4.69, 9.17) is 5.11 Å². The summed E-state index contributed by atoms with van der Waals surface area (Å²) < 4.78 is 0. The molecule has 0 atom stereocenters. The number of carbonyl (C=O) groups is 1. The molecule has 1 aromatic heterocycles. The Balaban J connectivity index is 1.78. The predicted octanol–water partition coefficient (Wildman–Crippen LogP) is 5.67. The lowest BCUT2D eigenvalue weighted by Gasteiger charge is -2.22. The van der Waals surface area contributed by atoms with Crippen LogP contribution in [0.5, 0.6) is 5.75 Å². The molecule has 162 valence electrons. The number of hydrogen-bond acceptors (Lipinski definition) is 5. The van der Waals surface area contributed by atoms with Gasteiger partial charge >= 0.3 is 5.97 Å². The van der Waals surface area contributed by atoms with Crippen LogP contribution in [0.2, 0.25) is 0 Å². The Kier molecular flexibility index (Phi) is 5.76. The molecule has 0 aliphatic rings. The van der Waals surface area contributed by atoms with Crippen molar-refractivity contribution in [1.29, 1.82) is 0 Å². The van der Waals surface area contributed by atoms with E-state index in [2.05, 4.69) is 10.2 Å². The van der Waals surface area contributed by atoms with Crippen molar-refractivity contribution in [2.45, 2.75) is 36.0 Å². The van der Waals surface area contributed by atoms with Crippen LogP contribution < -0.4 is 0 Å². The van der Waals surface area contributed by atoms with Crippen LogP contribution in [-0.2, 0) is 10.2 Å². The van der Waals surface area contributed by atoms with Gasteiger partial charge in [-0.1, -0.05) is 50.7 Å². The average Bonchev–Trinajstić information content (AvgIpc) is 3.16. The zero-order valence-corrected chi connectivity index (χ0v) is 18.8. The Hall–Kier alpha value is -3.58. The molecule has 0 saturated carbocycles. The summed E-state index contributed by atoms with van der Waals surface area (Å²) in [6.45, 7) is 5.95. The van der Waals surface area contributed by atoms with Crippen molar-refractivity contribution in [3.8, 4) is 11.4 Å². The number of nitrogens with zero attached hydrogens (tertiary/aromatic N) is 3. The molecule has 0 radical (unpaired) electrons. The molecular weight excluding hydrogens is 422 g/mol. The topological polar surface area (TPSA) is 88.2 Å². The van der Waals surface area contributed by atoms with E-state index in [0.29, 0.717) is 27.8 Å². The Labute approximate surface area is 190 Å². The van der Waals surface area contributed by atoms with Crippen LogP contribution in [-0.4, -0.2) is 31.2 Å². The fourth-order valence-corrected chi connectivity index (χ4v) is 4.19. The molecule has 3 aromatic carbocycles. The average molecular weight is 446 g/mol. The van der Waals surface area contributed by atoms with E-state index in [1.54, 1.807) is 23.9 Å². The lowest BCUT2D eigenvalue weighted by atomic mass is 9.85. The number of carboxylic acid groups (broad SMARTS) is 1. The number of benzene rings is 3. The van der Waals surface area contributed by atoms with Gasteiger partial charge in [-0.15, -0.1) is 15.0 Å². The van der Waals surface area contributed by atoms with Crippen molar-refractivity contribution in [2.75, 3.05) is 0 Å². The van der Waals surface area contributed by atoms with Gasteiger partial charge in [0.25, 0.3) is 0 Å². The van der Waals surface area contributed by atoms with Crippen LogP contribution in [0, 0.1) is 0 Å². The predicted molar refractivity (Wildman–Crippen MR) is 126 cm³/mol. The number of aliphatic carboxylic acids is 1. The van der Waals surface area contributed by atoms with E-state index in [0.717, 1.165) is 15.9 Å². The molecule has 0 saturated heterocycles. The third-order valence-electron chi connectivity index (χ3n) is 4.88. The molecule has 0 bridgehead atoms. The number of rotatable bonds is 5. The number of phenolic OH excluding ortho intramolecular Hbond substituents is 1. The van der Waals surface area contributed by atoms with Crippen molar-refractivity contribution in [3.63, 3.8) is 0 Å². The molecule has 0 unspecified atom stereocenters. The van der Waals surface area contributed by atoms with Gasteiger partial charge in [-0.05, 0) is 59.5 Å². The summed E-state index contributed by atoms with van der Waals surface area (Å²) in [4.78, 5) is 14.6. The highest BCUT2D eigenvalue weighted by Gasteiger charge is 2.23. The summed E-state index contributed by atoms with van der Waals surface area (Å²) in [5.41, 5.74) is 2.77. The van der Waals surface area contributed by atoms with Crippen LogP contribution in [0.3, 0.4) is 0 Å². The van der Waals surface area contributed by atoms with Crippen LogP contribution in [0.25, 0.3) is 22.8 Å². The minimum atomic E-state index is -1.04. The molecule has 2 N–H and O–H groups in total. The van der Waals surface area contributed by atoms with E-state index < -0.39 is 5.97 Å². The van der Waals surface area contributed by atoms with Crippen molar-refractivity contribution in [3.05, 3.63) is 77.9 Å². The smallest absolute Gasteiger partial charge is 0.328 e. The third-order valence-corrected chi connectivity index (χ3v) is 5.88. The van der Waals surface area contributed by atoms with E-state index >= 15 is 0 Å². The maximum absolute atomic E-state index is 11.0. The summed E-state index contributed by atoms with van der Waals surface area (Å²) in [6.07, 6.45) is 2.57. The maximum atomic E-state index is 11.0. The zero-order valence-electron chi connectivity index (χ0n) is 18.0. The van der Waals surface area contributed by atoms with E-state index in [-0.39, 0.29) is 11.2 Å². The van der Waals surface area contributed by atoms with Gasteiger partial charge in [0.1, 0.15) is 22.5 Å². The first-order valence-electron chi connectivity index (χ1n) is 10.1. The normalized spacial score (nSPS) is 12.0. The summed E-state index contributed by atoms with van der Waals surface area (Å²) >= 11 is 1.64. The second-order valence-corrected chi connectivity index (χ2v) is 9.56. The lowest BCUT2D eigenvalue weighted by molar-refractivity contribution is -0.131. The van der Waals surface area contributed by atoms with Crippen LogP contribution in [0.4, 0.5) is 0 Å². The van der Waals surface area contributed by atoms with Gasteiger partial charge in [0.05, 0.1) is 0 Å². The first kappa shape index (κ1) is 21.6. The highest BCUT2D eigenvalue weighted by atomic mass is 32.2. The van der Waals surface area contributed by atoms with Crippen LogP contribution in [0.15, 0.2) is 76.5 Å². The van der Waals surface area contributed by atoms with Gasteiger partial charge in [-0.25, -0.2) is 4.79 Å². The molecule has 0 spiro atoms. The molecule has 32 heavy (non-hydrogen) atoms. The van der Waals surface area contributed by atoms with Crippen LogP contribution in [0.1, 0.15) is 31.9 Å².